The SMILES string of the molecule is CCCN(CCBr)C(=O)CC1CCCC1. The molecule has 0 aromatic carbocycles. The molecule has 0 bridgehead atoms. The molecule has 0 aliphatic heterocycles. The Kier molecular flexibility index (Phi) is 6.30. The largest absolute Gasteiger partial charge is 0.342 e. The van der Waals surface area contributed by atoms with Gasteiger partial charge in [-0.1, -0.05) is 35.7 Å². The Morgan fingerprint density at radius 2 is 2.00 bits per heavy atom. The molecule has 1 aliphatic rings. The fourth-order valence-corrected chi connectivity index (χ4v) is 2.75. The van der Waals surface area contributed by atoms with Gasteiger partial charge in [-0.25, -0.2) is 0 Å². The number of amides is 1. The van der Waals surface area contributed by atoms with Crippen LogP contribution in [-0.2, 0) is 4.79 Å². The van der Waals surface area contributed by atoms with Crippen molar-refractivity contribution in [1.82, 2.24) is 4.90 Å². The van der Waals surface area contributed by atoms with Gasteiger partial charge in [0, 0.05) is 24.8 Å². The third-order valence-corrected chi connectivity index (χ3v) is 3.49. The quantitative estimate of drug-likeness (QED) is 0.682. The summed E-state index contributed by atoms with van der Waals surface area (Å²) < 4.78 is 0. The van der Waals surface area contributed by atoms with Crippen molar-refractivity contribution in [2.24, 2.45) is 5.92 Å². The predicted molar refractivity (Wildman–Crippen MR) is 67.2 cm³/mol. The lowest BCUT2D eigenvalue weighted by molar-refractivity contribution is -0.131. The van der Waals surface area contributed by atoms with Crippen LogP contribution in [0.1, 0.15) is 45.4 Å². The molecule has 0 N–H and O–H groups in total. The molecule has 0 heterocycles. The van der Waals surface area contributed by atoms with Crippen molar-refractivity contribution in [2.75, 3.05) is 18.4 Å². The highest BCUT2D eigenvalue weighted by Crippen LogP contribution is 2.28. The second-order valence-corrected chi connectivity index (χ2v) is 5.22. The lowest BCUT2D eigenvalue weighted by Crippen LogP contribution is -2.34. The molecule has 0 spiro atoms. The van der Waals surface area contributed by atoms with E-state index in [-0.39, 0.29) is 0 Å². The van der Waals surface area contributed by atoms with Crippen LogP contribution < -0.4 is 0 Å². The molecule has 0 aromatic rings. The van der Waals surface area contributed by atoms with E-state index in [0.717, 1.165) is 31.3 Å². The van der Waals surface area contributed by atoms with Gasteiger partial charge in [0.25, 0.3) is 0 Å². The minimum absolute atomic E-state index is 0.364. The monoisotopic (exact) mass is 275 g/mol. The van der Waals surface area contributed by atoms with Crippen LogP contribution in [0.5, 0.6) is 0 Å². The average Bonchev–Trinajstić information content (AvgIpc) is 2.70. The van der Waals surface area contributed by atoms with Crippen LogP contribution in [0.25, 0.3) is 0 Å². The summed E-state index contributed by atoms with van der Waals surface area (Å²) in [5, 5.41) is 0.892. The minimum Gasteiger partial charge on any atom is -0.342 e. The Bertz CT molecular complexity index is 184. The average molecular weight is 276 g/mol. The molecule has 0 aromatic heterocycles. The first-order chi connectivity index (χ1) is 7.27. The Morgan fingerprint density at radius 3 is 2.53 bits per heavy atom. The first-order valence-corrected chi connectivity index (χ1v) is 7.23. The summed E-state index contributed by atoms with van der Waals surface area (Å²) in [6.45, 7) is 3.90. The van der Waals surface area contributed by atoms with Gasteiger partial charge in [0.1, 0.15) is 0 Å². The van der Waals surface area contributed by atoms with Crippen LogP contribution in [-0.4, -0.2) is 29.2 Å². The fraction of sp³-hybridized carbons (Fsp3) is 0.917. The number of hydrogen-bond donors (Lipinski definition) is 0. The summed E-state index contributed by atoms with van der Waals surface area (Å²) in [7, 11) is 0. The van der Waals surface area contributed by atoms with Crippen molar-refractivity contribution in [3.8, 4) is 0 Å². The highest BCUT2D eigenvalue weighted by atomic mass is 79.9. The Morgan fingerprint density at radius 1 is 1.33 bits per heavy atom. The molecule has 1 amide bonds. The van der Waals surface area contributed by atoms with Gasteiger partial charge < -0.3 is 4.90 Å². The molecule has 0 saturated heterocycles. The van der Waals surface area contributed by atoms with Gasteiger partial charge in [0.15, 0.2) is 0 Å². The van der Waals surface area contributed by atoms with Crippen LogP contribution >= 0.6 is 15.9 Å². The van der Waals surface area contributed by atoms with E-state index >= 15 is 0 Å². The molecular formula is C12H22BrNO. The number of carbonyl (C=O) groups is 1. The van der Waals surface area contributed by atoms with Gasteiger partial charge in [0.05, 0.1) is 0 Å². The van der Waals surface area contributed by atoms with E-state index in [0.29, 0.717) is 11.8 Å². The predicted octanol–water partition coefficient (Wildman–Crippen LogP) is 3.20. The summed E-state index contributed by atoms with van der Waals surface area (Å²) in [4.78, 5) is 14.0. The smallest absolute Gasteiger partial charge is 0.222 e. The number of hydrogen-bond acceptors (Lipinski definition) is 1. The molecule has 1 saturated carbocycles. The molecule has 1 rings (SSSR count). The van der Waals surface area contributed by atoms with Crippen molar-refractivity contribution < 1.29 is 4.79 Å². The molecule has 3 heteroatoms. The van der Waals surface area contributed by atoms with Crippen LogP contribution in [0.4, 0.5) is 0 Å². The van der Waals surface area contributed by atoms with Crippen molar-refractivity contribution in [2.45, 2.75) is 45.4 Å². The van der Waals surface area contributed by atoms with Crippen molar-refractivity contribution in [1.29, 1.82) is 0 Å². The van der Waals surface area contributed by atoms with E-state index in [1.54, 1.807) is 0 Å². The maximum atomic E-state index is 12.0. The molecule has 2 nitrogen and oxygen atoms in total. The zero-order valence-electron chi connectivity index (χ0n) is 9.67. The second kappa shape index (κ2) is 7.26. The maximum absolute atomic E-state index is 12.0. The van der Waals surface area contributed by atoms with E-state index in [2.05, 4.69) is 22.9 Å². The lowest BCUT2D eigenvalue weighted by Gasteiger charge is -2.22. The second-order valence-electron chi connectivity index (χ2n) is 4.42. The van der Waals surface area contributed by atoms with E-state index < -0.39 is 0 Å². The summed E-state index contributed by atoms with van der Waals surface area (Å²) in [5.74, 6) is 1.04. The molecule has 0 unspecified atom stereocenters. The summed E-state index contributed by atoms with van der Waals surface area (Å²) in [6.07, 6.45) is 7.02. The third kappa shape index (κ3) is 4.54. The van der Waals surface area contributed by atoms with Gasteiger partial charge in [-0.3, -0.25) is 4.79 Å². The number of alkyl halides is 1. The van der Waals surface area contributed by atoms with E-state index in [9.17, 15) is 4.79 Å². The van der Waals surface area contributed by atoms with Crippen molar-refractivity contribution >= 4 is 21.8 Å². The number of carbonyl (C=O) groups excluding carboxylic acids is 1. The maximum Gasteiger partial charge on any atom is 0.222 e. The molecule has 1 aliphatic carbocycles. The van der Waals surface area contributed by atoms with Crippen LogP contribution in [0.2, 0.25) is 0 Å². The van der Waals surface area contributed by atoms with Gasteiger partial charge in [0.2, 0.25) is 5.91 Å². The summed E-state index contributed by atoms with van der Waals surface area (Å²) >= 11 is 3.41. The van der Waals surface area contributed by atoms with Crippen molar-refractivity contribution in [3.63, 3.8) is 0 Å². The first-order valence-electron chi connectivity index (χ1n) is 6.11. The highest BCUT2D eigenvalue weighted by Gasteiger charge is 2.21. The fourth-order valence-electron chi connectivity index (χ4n) is 2.32. The van der Waals surface area contributed by atoms with Crippen LogP contribution in [0, 0.1) is 5.92 Å². The first kappa shape index (κ1) is 13.0. The van der Waals surface area contributed by atoms with E-state index in [1.807, 2.05) is 4.90 Å². The third-order valence-electron chi connectivity index (χ3n) is 3.14. The van der Waals surface area contributed by atoms with Gasteiger partial charge in [-0.15, -0.1) is 0 Å². The summed E-state index contributed by atoms with van der Waals surface area (Å²) in [5.41, 5.74) is 0. The number of halogens is 1. The standard InChI is InChI=1S/C12H22BrNO/c1-2-8-14(9-7-13)12(15)10-11-5-3-4-6-11/h11H,2-10H2,1H3. The molecule has 15 heavy (non-hydrogen) atoms. The van der Waals surface area contributed by atoms with Gasteiger partial charge >= 0.3 is 0 Å². The van der Waals surface area contributed by atoms with E-state index in [4.69, 9.17) is 0 Å². The van der Waals surface area contributed by atoms with Crippen LogP contribution in [0.15, 0.2) is 0 Å². The van der Waals surface area contributed by atoms with Crippen LogP contribution in [0.3, 0.4) is 0 Å². The molecule has 0 radical (unpaired) electrons. The Labute approximate surface area is 102 Å². The zero-order chi connectivity index (χ0) is 11.1. The normalized spacial score (nSPS) is 16.9. The van der Waals surface area contributed by atoms with Gasteiger partial charge in [-0.05, 0) is 25.2 Å². The Hall–Kier alpha value is -0.0500. The minimum atomic E-state index is 0.364. The summed E-state index contributed by atoms with van der Waals surface area (Å²) in [6, 6.07) is 0. The zero-order valence-corrected chi connectivity index (χ0v) is 11.3. The molecule has 1 fully saturated rings. The lowest BCUT2D eigenvalue weighted by atomic mass is 10.0. The Balaban J connectivity index is 2.33. The molecule has 0 atom stereocenters. The number of rotatable bonds is 6. The number of nitrogens with zero attached hydrogens (tertiary/aromatic N) is 1. The van der Waals surface area contributed by atoms with E-state index in [1.165, 1.54) is 25.7 Å². The molecular weight excluding hydrogens is 254 g/mol. The highest BCUT2D eigenvalue weighted by molar-refractivity contribution is 9.09. The topological polar surface area (TPSA) is 20.3 Å². The van der Waals surface area contributed by atoms with Crippen molar-refractivity contribution in [3.05, 3.63) is 0 Å². The molecule has 88 valence electrons. The van der Waals surface area contributed by atoms with Gasteiger partial charge in [-0.2, -0.15) is 0 Å².